The Bertz CT molecular complexity index is 662. The largest absolute Gasteiger partial charge is 0.334 e. The van der Waals surface area contributed by atoms with Crippen LogP contribution in [0.3, 0.4) is 0 Å². The Morgan fingerprint density at radius 3 is 2.35 bits per heavy atom. The molecule has 0 aliphatic rings. The molecule has 2 rings (SSSR count). The molecule has 0 aliphatic carbocycles. The van der Waals surface area contributed by atoms with Gasteiger partial charge in [-0.25, -0.2) is 9.37 Å². The smallest absolute Gasteiger partial charge is 0.135 e. The average Bonchev–Trinajstić information content (AvgIpc) is 2.41. The first-order valence-electron chi connectivity index (χ1n) is 6.52. The molecule has 104 valence electrons. The van der Waals surface area contributed by atoms with Gasteiger partial charge in [0.2, 0.25) is 0 Å². The van der Waals surface area contributed by atoms with E-state index in [0.717, 1.165) is 28.2 Å². The molecule has 0 amide bonds. The molecule has 1 aromatic heterocycles. The second-order valence-corrected chi connectivity index (χ2v) is 5.12. The number of benzene rings is 1. The quantitative estimate of drug-likeness (QED) is 0.817. The highest BCUT2D eigenvalue weighted by Gasteiger charge is 2.09. The minimum Gasteiger partial charge on any atom is -0.334 e. The van der Waals surface area contributed by atoms with Crippen molar-refractivity contribution < 1.29 is 4.39 Å². The van der Waals surface area contributed by atoms with Crippen LogP contribution in [-0.4, -0.2) is 12.0 Å². The predicted molar refractivity (Wildman–Crippen MR) is 82.3 cm³/mol. The molecular weight excluding hydrogens is 251 g/mol. The molecule has 0 unspecified atom stereocenters. The lowest BCUT2D eigenvalue weighted by Crippen LogP contribution is -2.15. The van der Waals surface area contributed by atoms with Crippen LogP contribution in [0.5, 0.6) is 0 Å². The molecule has 0 fully saturated rings. The van der Waals surface area contributed by atoms with Crippen LogP contribution < -0.4 is 4.90 Å². The van der Waals surface area contributed by atoms with Gasteiger partial charge in [0.25, 0.3) is 0 Å². The second-order valence-electron chi connectivity index (χ2n) is 5.12. The van der Waals surface area contributed by atoms with Crippen LogP contribution >= 0.6 is 0 Å². The van der Waals surface area contributed by atoms with Gasteiger partial charge in [-0.05, 0) is 55.7 Å². The topological polar surface area (TPSA) is 16.1 Å². The van der Waals surface area contributed by atoms with E-state index in [1.807, 2.05) is 38.1 Å². The Morgan fingerprint density at radius 1 is 1.15 bits per heavy atom. The van der Waals surface area contributed by atoms with Gasteiger partial charge in [-0.3, -0.25) is 0 Å². The summed E-state index contributed by atoms with van der Waals surface area (Å²) in [5, 5.41) is 0. The fraction of sp³-hybridized carbons (Fsp3) is 0.235. The van der Waals surface area contributed by atoms with E-state index in [-0.39, 0.29) is 5.82 Å². The maximum absolute atomic E-state index is 13.3. The summed E-state index contributed by atoms with van der Waals surface area (Å²) in [6, 6.07) is 7.18. The fourth-order valence-electron chi connectivity index (χ4n) is 2.08. The molecule has 0 bridgehead atoms. The molecule has 3 heteroatoms. The van der Waals surface area contributed by atoms with Gasteiger partial charge in [0.15, 0.2) is 0 Å². The molecule has 2 nitrogen and oxygen atoms in total. The number of halogens is 1. The standard InChI is InChI=1S/C17H19FN2/c1-11(2)20(5)17-13(4)9-15(10-19-17)14-6-7-16(18)12(3)8-14/h6-10H,1H2,2-5H3. The normalized spacial score (nSPS) is 10.4. The van der Waals surface area contributed by atoms with Gasteiger partial charge < -0.3 is 4.90 Å². The SMILES string of the molecule is C=C(C)N(C)c1ncc(-c2ccc(F)c(C)c2)cc1C. The van der Waals surface area contributed by atoms with Crippen LogP contribution in [0.2, 0.25) is 0 Å². The molecule has 0 saturated carbocycles. The number of hydrogen-bond acceptors (Lipinski definition) is 2. The monoisotopic (exact) mass is 270 g/mol. The summed E-state index contributed by atoms with van der Waals surface area (Å²) < 4.78 is 13.3. The van der Waals surface area contributed by atoms with Gasteiger partial charge in [-0.15, -0.1) is 0 Å². The number of pyridine rings is 1. The van der Waals surface area contributed by atoms with Gasteiger partial charge in [0, 0.05) is 24.5 Å². The summed E-state index contributed by atoms with van der Waals surface area (Å²) in [6.07, 6.45) is 1.81. The van der Waals surface area contributed by atoms with E-state index in [9.17, 15) is 4.39 Å². The molecule has 0 saturated heterocycles. The molecule has 0 atom stereocenters. The molecule has 20 heavy (non-hydrogen) atoms. The molecule has 0 spiro atoms. The summed E-state index contributed by atoms with van der Waals surface area (Å²) in [5.74, 6) is 0.706. The van der Waals surface area contributed by atoms with E-state index in [1.54, 1.807) is 13.0 Å². The van der Waals surface area contributed by atoms with E-state index in [4.69, 9.17) is 0 Å². The first-order valence-corrected chi connectivity index (χ1v) is 6.52. The summed E-state index contributed by atoms with van der Waals surface area (Å²) >= 11 is 0. The second kappa shape index (κ2) is 5.45. The van der Waals surface area contributed by atoms with E-state index in [1.165, 1.54) is 6.07 Å². The molecule has 0 aliphatic heterocycles. The van der Waals surface area contributed by atoms with E-state index < -0.39 is 0 Å². The Morgan fingerprint density at radius 2 is 1.80 bits per heavy atom. The van der Waals surface area contributed by atoms with Crippen molar-refractivity contribution in [3.63, 3.8) is 0 Å². The zero-order valence-corrected chi connectivity index (χ0v) is 12.4. The van der Waals surface area contributed by atoms with Crippen molar-refractivity contribution in [2.75, 3.05) is 11.9 Å². The van der Waals surface area contributed by atoms with Gasteiger partial charge >= 0.3 is 0 Å². The minimum absolute atomic E-state index is 0.183. The van der Waals surface area contributed by atoms with Crippen molar-refractivity contribution in [1.29, 1.82) is 0 Å². The number of nitrogens with zero attached hydrogens (tertiary/aromatic N) is 2. The summed E-state index contributed by atoms with van der Waals surface area (Å²) in [7, 11) is 1.94. The molecular formula is C17H19FN2. The van der Waals surface area contributed by atoms with Gasteiger partial charge in [-0.1, -0.05) is 12.6 Å². The summed E-state index contributed by atoms with van der Waals surface area (Å²) in [6.45, 7) is 9.64. The summed E-state index contributed by atoms with van der Waals surface area (Å²) in [4.78, 5) is 6.45. The van der Waals surface area contributed by atoms with Crippen LogP contribution in [0.15, 0.2) is 42.7 Å². The predicted octanol–water partition coefficient (Wildman–Crippen LogP) is 4.47. The maximum Gasteiger partial charge on any atom is 0.135 e. The van der Waals surface area contributed by atoms with Crippen LogP contribution in [-0.2, 0) is 0 Å². The van der Waals surface area contributed by atoms with E-state index in [2.05, 4.69) is 17.6 Å². The lowest BCUT2D eigenvalue weighted by molar-refractivity contribution is 0.619. The molecule has 1 heterocycles. The van der Waals surface area contributed by atoms with Crippen molar-refractivity contribution in [2.24, 2.45) is 0 Å². The van der Waals surface area contributed by atoms with Crippen molar-refractivity contribution in [1.82, 2.24) is 4.98 Å². The average molecular weight is 270 g/mol. The number of rotatable bonds is 3. The first kappa shape index (κ1) is 14.3. The van der Waals surface area contributed by atoms with Crippen molar-refractivity contribution >= 4 is 5.82 Å². The molecule has 0 radical (unpaired) electrons. The van der Waals surface area contributed by atoms with Crippen LogP contribution in [0.1, 0.15) is 18.1 Å². The first-order chi connectivity index (χ1) is 9.40. The fourth-order valence-corrected chi connectivity index (χ4v) is 2.08. The Labute approximate surface area is 119 Å². The Hall–Kier alpha value is -2.16. The molecule has 2 aromatic rings. The summed E-state index contributed by atoms with van der Waals surface area (Å²) in [5.41, 5.74) is 4.61. The lowest BCUT2D eigenvalue weighted by Gasteiger charge is -2.20. The number of allylic oxidation sites excluding steroid dienone is 1. The Kier molecular flexibility index (Phi) is 3.89. The zero-order chi connectivity index (χ0) is 14.9. The third-order valence-corrected chi connectivity index (χ3v) is 3.43. The van der Waals surface area contributed by atoms with Crippen LogP contribution in [0.25, 0.3) is 11.1 Å². The van der Waals surface area contributed by atoms with Crippen molar-refractivity contribution in [3.8, 4) is 11.1 Å². The third kappa shape index (κ3) is 2.72. The number of anilines is 1. The lowest BCUT2D eigenvalue weighted by atomic mass is 10.0. The molecule has 0 N–H and O–H groups in total. The van der Waals surface area contributed by atoms with Crippen LogP contribution in [0.4, 0.5) is 10.2 Å². The highest BCUT2D eigenvalue weighted by molar-refractivity contribution is 5.67. The zero-order valence-electron chi connectivity index (χ0n) is 12.4. The highest BCUT2D eigenvalue weighted by Crippen LogP contribution is 2.26. The van der Waals surface area contributed by atoms with Crippen molar-refractivity contribution in [2.45, 2.75) is 20.8 Å². The van der Waals surface area contributed by atoms with E-state index in [0.29, 0.717) is 5.56 Å². The van der Waals surface area contributed by atoms with E-state index >= 15 is 0 Å². The maximum atomic E-state index is 13.3. The minimum atomic E-state index is -0.183. The third-order valence-electron chi connectivity index (χ3n) is 3.43. The highest BCUT2D eigenvalue weighted by atomic mass is 19.1. The van der Waals surface area contributed by atoms with Crippen molar-refractivity contribution in [3.05, 3.63) is 59.7 Å². The molecule has 1 aromatic carbocycles. The number of aromatic nitrogens is 1. The number of hydrogen-bond donors (Lipinski definition) is 0. The number of aryl methyl sites for hydroxylation is 2. The van der Waals surface area contributed by atoms with Crippen LogP contribution in [0, 0.1) is 19.7 Å². The van der Waals surface area contributed by atoms with Gasteiger partial charge in [0.05, 0.1) is 0 Å². The Balaban J connectivity index is 2.42. The van der Waals surface area contributed by atoms with Gasteiger partial charge in [0.1, 0.15) is 11.6 Å². The van der Waals surface area contributed by atoms with Gasteiger partial charge in [-0.2, -0.15) is 0 Å².